The van der Waals surface area contributed by atoms with Crippen LogP contribution < -0.4 is 10.6 Å². The van der Waals surface area contributed by atoms with Gasteiger partial charge < -0.3 is 15.5 Å². The minimum absolute atomic E-state index is 0.233. The largest absolute Gasteiger partial charge is 0.383 e. The maximum absolute atomic E-state index is 14.0. The van der Waals surface area contributed by atoms with Crippen molar-refractivity contribution in [3.8, 4) is 0 Å². The van der Waals surface area contributed by atoms with Crippen molar-refractivity contribution in [1.29, 1.82) is 0 Å². The summed E-state index contributed by atoms with van der Waals surface area (Å²) < 4.78 is 14.0. The van der Waals surface area contributed by atoms with E-state index in [0.717, 1.165) is 38.3 Å². The Balaban J connectivity index is 2.18. The molecule has 5 heteroatoms. The van der Waals surface area contributed by atoms with E-state index in [9.17, 15) is 4.39 Å². The molecule has 0 saturated heterocycles. The first kappa shape index (κ1) is 13.8. The summed E-state index contributed by atoms with van der Waals surface area (Å²) in [7, 11) is 4.03. The van der Waals surface area contributed by atoms with E-state index in [2.05, 4.69) is 20.5 Å². The van der Waals surface area contributed by atoms with Gasteiger partial charge in [0.2, 0.25) is 0 Å². The molecule has 1 aromatic carbocycles. The number of aliphatic imine (C=N–C) groups is 1. The Hall–Kier alpha value is -1.62. The number of likely N-dealkylation sites (N-methyl/N-ethyl adjacent to an activating group) is 1. The highest BCUT2D eigenvalue weighted by atomic mass is 19.1. The van der Waals surface area contributed by atoms with Crippen molar-refractivity contribution >= 4 is 11.5 Å². The fourth-order valence-corrected chi connectivity index (χ4v) is 2.03. The highest BCUT2D eigenvalue weighted by Crippen LogP contribution is 2.20. The number of anilines is 1. The summed E-state index contributed by atoms with van der Waals surface area (Å²) in [6.07, 6.45) is 1.00. The van der Waals surface area contributed by atoms with E-state index in [0.29, 0.717) is 11.4 Å². The van der Waals surface area contributed by atoms with Gasteiger partial charge in [0.15, 0.2) is 0 Å². The van der Waals surface area contributed by atoms with Gasteiger partial charge in [-0.15, -0.1) is 0 Å². The number of nitrogens with one attached hydrogen (secondary N) is 2. The zero-order valence-electron chi connectivity index (χ0n) is 11.5. The first-order chi connectivity index (χ1) is 9.18. The standard InChI is InChI=1S/C14H21FN4/c1-19(2)10-9-16-12-6-3-5-11(15)13(12)14-17-7-4-8-18-14/h3,5-6,16H,4,7-10H2,1-2H3,(H,17,18). The van der Waals surface area contributed by atoms with Gasteiger partial charge >= 0.3 is 0 Å². The molecule has 0 saturated carbocycles. The minimum Gasteiger partial charge on any atom is -0.383 e. The quantitative estimate of drug-likeness (QED) is 0.847. The highest BCUT2D eigenvalue weighted by Gasteiger charge is 2.16. The predicted octanol–water partition coefficient (Wildman–Crippen LogP) is 1.54. The van der Waals surface area contributed by atoms with Gasteiger partial charge in [-0.25, -0.2) is 4.39 Å². The van der Waals surface area contributed by atoms with Crippen LogP contribution in [-0.4, -0.2) is 51.0 Å². The van der Waals surface area contributed by atoms with E-state index in [1.165, 1.54) is 6.07 Å². The molecule has 0 aliphatic carbocycles. The van der Waals surface area contributed by atoms with Gasteiger partial charge in [-0.05, 0) is 32.6 Å². The van der Waals surface area contributed by atoms with Crippen molar-refractivity contribution in [2.75, 3.05) is 45.6 Å². The van der Waals surface area contributed by atoms with Gasteiger partial charge in [-0.3, -0.25) is 4.99 Å². The summed E-state index contributed by atoms with van der Waals surface area (Å²) in [6, 6.07) is 5.10. The van der Waals surface area contributed by atoms with Crippen LogP contribution in [0.15, 0.2) is 23.2 Å². The van der Waals surface area contributed by atoms with Crippen LogP contribution in [0, 0.1) is 5.82 Å². The zero-order valence-corrected chi connectivity index (χ0v) is 11.5. The Morgan fingerprint density at radius 1 is 1.42 bits per heavy atom. The molecule has 0 amide bonds. The normalized spacial score (nSPS) is 15.1. The number of rotatable bonds is 5. The molecule has 0 spiro atoms. The van der Waals surface area contributed by atoms with Crippen LogP contribution in [0.4, 0.5) is 10.1 Å². The maximum Gasteiger partial charge on any atom is 0.136 e. The average molecular weight is 264 g/mol. The van der Waals surface area contributed by atoms with Crippen LogP contribution in [0.2, 0.25) is 0 Å². The second-order valence-electron chi connectivity index (χ2n) is 4.90. The topological polar surface area (TPSA) is 39.7 Å². The lowest BCUT2D eigenvalue weighted by atomic mass is 10.1. The first-order valence-electron chi connectivity index (χ1n) is 6.64. The van der Waals surface area contributed by atoms with Gasteiger partial charge in [0.25, 0.3) is 0 Å². The predicted molar refractivity (Wildman–Crippen MR) is 77.5 cm³/mol. The smallest absolute Gasteiger partial charge is 0.136 e. The lowest BCUT2D eigenvalue weighted by Crippen LogP contribution is -2.32. The number of halogens is 1. The van der Waals surface area contributed by atoms with E-state index >= 15 is 0 Å². The zero-order chi connectivity index (χ0) is 13.7. The van der Waals surface area contributed by atoms with Gasteiger partial charge in [0.05, 0.1) is 5.56 Å². The monoisotopic (exact) mass is 264 g/mol. The third kappa shape index (κ3) is 3.67. The molecule has 0 fully saturated rings. The van der Waals surface area contributed by atoms with Crippen LogP contribution in [0.25, 0.3) is 0 Å². The molecule has 1 aliphatic rings. The first-order valence-corrected chi connectivity index (χ1v) is 6.64. The molecule has 0 aromatic heterocycles. The molecule has 0 bridgehead atoms. The fraction of sp³-hybridized carbons (Fsp3) is 0.500. The summed E-state index contributed by atoms with van der Waals surface area (Å²) in [5.74, 6) is 0.430. The molecule has 4 nitrogen and oxygen atoms in total. The Morgan fingerprint density at radius 2 is 2.26 bits per heavy atom. The summed E-state index contributed by atoms with van der Waals surface area (Å²) in [5.41, 5.74) is 1.36. The van der Waals surface area contributed by atoms with Crippen molar-refractivity contribution in [2.24, 2.45) is 4.99 Å². The SMILES string of the molecule is CN(C)CCNc1cccc(F)c1C1=NCCCN1. The summed E-state index contributed by atoms with van der Waals surface area (Å²) >= 11 is 0. The van der Waals surface area contributed by atoms with E-state index in [4.69, 9.17) is 0 Å². The molecular weight excluding hydrogens is 243 g/mol. The molecule has 1 aromatic rings. The van der Waals surface area contributed by atoms with E-state index < -0.39 is 0 Å². The lowest BCUT2D eigenvalue weighted by molar-refractivity contribution is 0.425. The third-order valence-corrected chi connectivity index (χ3v) is 3.02. The van der Waals surface area contributed by atoms with Crippen LogP contribution in [0.3, 0.4) is 0 Å². The van der Waals surface area contributed by atoms with Gasteiger partial charge in [-0.1, -0.05) is 6.07 Å². The van der Waals surface area contributed by atoms with Crippen molar-refractivity contribution in [3.05, 3.63) is 29.6 Å². The molecule has 2 rings (SSSR count). The molecule has 0 atom stereocenters. The van der Waals surface area contributed by atoms with Crippen LogP contribution in [-0.2, 0) is 0 Å². The summed E-state index contributed by atoms with van der Waals surface area (Å²) in [5, 5.41) is 6.46. The number of benzene rings is 1. The average Bonchev–Trinajstić information content (AvgIpc) is 2.39. The number of hydrogen-bond acceptors (Lipinski definition) is 4. The number of hydrogen-bond donors (Lipinski definition) is 2. The van der Waals surface area contributed by atoms with Crippen LogP contribution in [0.1, 0.15) is 12.0 Å². The lowest BCUT2D eigenvalue weighted by Gasteiger charge is -2.19. The van der Waals surface area contributed by atoms with Gasteiger partial charge in [0, 0.05) is 31.9 Å². The molecule has 1 aliphatic heterocycles. The van der Waals surface area contributed by atoms with Crippen molar-refractivity contribution in [2.45, 2.75) is 6.42 Å². The summed E-state index contributed by atoms with van der Waals surface area (Å²) in [4.78, 5) is 6.47. The Morgan fingerprint density at radius 3 is 2.95 bits per heavy atom. The molecule has 0 unspecified atom stereocenters. The third-order valence-electron chi connectivity index (χ3n) is 3.02. The minimum atomic E-state index is -0.233. The highest BCUT2D eigenvalue weighted by molar-refractivity contribution is 6.04. The molecule has 1 heterocycles. The van der Waals surface area contributed by atoms with Crippen LogP contribution in [0.5, 0.6) is 0 Å². The van der Waals surface area contributed by atoms with E-state index in [-0.39, 0.29) is 5.82 Å². The second kappa shape index (κ2) is 6.52. The number of amidine groups is 1. The molecule has 104 valence electrons. The van der Waals surface area contributed by atoms with Crippen LogP contribution >= 0.6 is 0 Å². The Labute approximate surface area is 113 Å². The fourth-order valence-electron chi connectivity index (χ4n) is 2.03. The molecular formula is C14H21FN4. The van der Waals surface area contributed by atoms with E-state index in [1.54, 1.807) is 6.07 Å². The molecule has 0 radical (unpaired) electrons. The second-order valence-corrected chi connectivity index (χ2v) is 4.90. The van der Waals surface area contributed by atoms with E-state index in [1.807, 2.05) is 20.2 Å². The summed E-state index contributed by atoms with van der Waals surface area (Å²) in [6.45, 7) is 3.28. The van der Waals surface area contributed by atoms with Crippen molar-refractivity contribution < 1.29 is 4.39 Å². The Kier molecular flexibility index (Phi) is 4.74. The Bertz CT molecular complexity index is 457. The number of nitrogens with zero attached hydrogens (tertiary/aromatic N) is 2. The van der Waals surface area contributed by atoms with Gasteiger partial charge in [-0.2, -0.15) is 0 Å². The maximum atomic E-state index is 14.0. The molecule has 19 heavy (non-hydrogen) atoms. The van der Waals surface area contributed by atoms with Crippen molar-refractivity contribution in [1.82, 2.24) is 10.2 Å². The molecule has 2 N–H and O–H groups in total. The van der Waals surface area contributed by atoms with Crippen molar-refractivity contribution in [3.63, 3.8) is 0 Å². The van der Waals surface area contributed by atoms with Gasteiger partial charge in [0.1, 0.15) is 11.7 Å².